The second-order valence-electron chi connectivity index (χ2n) is 4.48. The number of para-hydroxylation sites is 2. The van der Waals surface area contributed by atoms with Crippen molar-refractivity contribution in [2.75, 3.05) is 19.0 Å². The van der Waals surface area contributed by atoms with Crippen LogP contribution in [0.5, 0.6) is 11.5 Å². The van der Waals surface area contributed by atoms with E-state index < -0.39 is 0 Å². The van der Waals surface area contributed by atoms with Crippen molar-refractivity contribution in [2.24, 2.45) is 0 Å². The van der Waals surface area contributed by atoms with Crippen LogP contribution in [-0.2, 0) is 4.79 Å². The third-order valence-corrected chi connectivity index (χ3v) is 3.90. The van der Waals surface area contributed by atoms with E-state index in [1.165, 1.54) is 11.3 Å². The highest BCUT2D eigenvalue weighted by Gasteiger charge is 2.11. The van der Waals surface area contributed by atoms with E-state index in [1.54, 1.807) is 19.2 Å². The Kier molecular flexibility index (Phi) is 4.20. The number of hydrogen-bond acceptors (Lipinski definition) is 5. The van der Waals surface area contributed by atoms with Crippen molar-refractivity contribution < 1.29 is 14.3 Å². The largest absolute Gasteiger partial charge is 0.494 e. The summed E-state index contributed by atoms with van der Waals surface area (Å²) in [4.78, 5) is 16.3. The Bertz CT molecular complexity index is 786. The molecule has 0 radical (unpaired) electrons. The van der Waals surface area contributed by atoms with Gasteiger partial charge < -0.3 is 9.47 Å². The number of carbonyl (C=O) groups is 1. The van der Waals surface area contributed by atoms with Crippen LogP contribution in [0.4, 0.5) is 5.13 Å². The van der Waals surface area contributed by atoms with Gasteiger partial charge in [-0.15, -0.1) is 0 Å². The molecule has 1 heterocycles. The molecular formula is C16H14N2O3S. The molecule has 1 amide bonds. The highest BCUT2D eigenvalue weighted by atomic mass is 32.1. The molecule has 3 rings (SSSR count). The first kappa shape index (κ1) is 14.3. The lowest BCUT2D eigenvalue weighted by atomic mass is 10.3. The minimum Gasteiger partial charge on any atom is -0.494 e. The van der Waals surface area contributed by atoms with Gasteiger partial charge in [0.2, 0.25) is 0 Å². The summed E-state index contributed by atoms with van der Waals surface area (Å²) in [6, 6.07) is 14.9. The summed E-state index contributed by atoms with van der Waals surface area (Å²) in [5, 5.41) is 3.27. The number of ether oxygens (including phenoxy) is 2. The zero-order valence-electron chi connectivity index (χ0n) is 11.9. The van der Waals surface area contributed by atoms with E-state index in [4.69, 9.17) is 9.47 Å². The molecule has 0 aliphatic heterocycles. The van der Waals surface area contributed by atoms with E-state index in [0.29, 0.717) is 16.6 Å². The van der Waals surface area contributed by atoms with Crippen LogP contribution < -0.4 is 14.8 Å². The van der Waals surface area contributed by atoms with Crippen LogP contribution in [0.3, 0.4) is 0 Å². The maximum Gasteiger partial charge on any atom is 0.264 e. The van der Waals surface area contributed by atoms with Crippen LogP contribution in [0, 0.1) is 0 Å². The lowest BCUT2D eigenvalue weighted by Crippen LogP contribution is -2.19. The summed E-state index contributed by atoms with van der Waals surface area (Å²) in [6.45, 7) is -0.0585. The third kappa shape index (κ3) is 3.17. The smallest absolute Gasteiger partial charge is 0.264 e. The highest BCUT2D eigenvalue weighted by Crippen LogP contribution is 2.31. The fraction of sp³-hybridized carbons (Fsp3) is 0.125. The average molecular weight is 314 g/mol. The lowest BCUT2D eigenvalue weighted by molar-refractivity contribution is -0.118. The molecular weight excluding hydrogens is 300 g/mol. The molecule has 0 saturated carbocycles. The van der Waals surface area contributed by atoms with Crippen molar-refractivity contribution in [2.45, 2.75) is 0 Å². The fourth-order valence-electron chi connectivity index (χ4n) is 1.96. The number of hydrogen-bond donors (Lipinski definition) is 1. The average Bonchev–Trinajstić information content (AvgIpc) is 2.96. The number of benzene rings is 2. The first-order chi connectivity index (χ1) is 10.8. The molecule has 1 aromatic heterocycles. The molecule has 0 aliphatic carbocycles. The van der Waals surface area contributed by atoms with Crippen LogP contribution in [0.15, 0.2) is 48.5 Å². The number of fused-ring (bicyclic) bond motifs is 1. The molecule has 22 heavy (non-hydrogen) atoms. The summed E-state index contributed by atoms with van der Waals surface area (Å²) in [5.41, 5.74) is 0.745. The number of anilines is 1. The molecule has 112 valence electrons. The number of carbonyl (C=O) groups excluding carboxylic acids is 1. The van der Waals surface area contributed by atoms with Crippen LogP contribution in [0.1, 0.15) is 0 Å². The van der Waals surface area contributed by atoms with Crippen LogP contribution in [0.25, 0.3) is 10.2 Å². The van der Waals surface area contributed by atoms with Crippen molar-refractivity contribution in [3.05, 3.63) is 48.5 Å². The SMILES string of the molecule is COc1cccc2sc(NC(=O)COc3ccccc3)nc12. The predicted molar refractivity (Wildman–Crippen MR) is 86.7 cm³/mol. The monoisotopic (exact) mass is 314 g/mol. The second-order valence-corrected chi connectivity index (χ2v) is 5.51. The van der Waals surface area contributed by atoms with Gasteiger partial charge in [0, 0.05) is 0 Å². The molecule has 0 aliphatic rings. The van der Waals surface area contributed by atoms with Crippen molar-refractivity contribution in [1.82, 2.24) is 4.98 Å². The molecule has 0 fully saturated rings. The van der Waals surface area contributed by atoms with Gasteiger partial charge in [0.1, 0.15) is 17.0 Å². The second kappa shape index (κ2) is 6.44. The first-order valence-corrected chi connectivity index (χ1v) is 7.49. The minimum atomic E-state index is -0.248. The molecule has 0 saturated heterocycles. The predicted octanol–water partition coefficient (Wildman–Crippen LogP) is 3.32. The summed E-state index contributed by atoms with van der Waals surface area (Å²) >= 11 is 1.40. The zero-order chi connectivity index (χ0) is 15.4. The van der Waals surface area contributed by atoms with Gasteiger partial charge in [-0.25, -0.2) is 4.98 Å². The van der Waals surface area contributed by atoms with Crippen molar-refractivity contribution in [1.29, 1.82) is 0 Å². The van der Waals surface area contributed by atoms with Gasteiger partial charge in [-0.2, -0.15) is 0 Å². The quantitative estimate of drug-likeness (QED) is 0.785. The summed E-state index contributed by atoms with van der Waals surface area (Å²) in [5.74, 6) is 1.10. The van der Waals surface area contributed by atoms with Crippen molar-refractivity contribution >= 4 is 32.6 Å². The Hall–Kier alpha value is -2.60. The minimum absolute atomic E-state index is 0.0585. The molecule has 3 aromatic rings. The maximum absolute atomic E-state index is 11.9. The number of aromatic nitrogens is 1. The van der Waals surface area contributed by atoms with Gasteiger partial charge in [-0.05, 0) is 24.3 Å². The first-order valence-electron chi connectivity index (χ1n) is 6.67. The summed E-state index contributed by atoms with van der Waals surface area (Å²) < 4.78 is 11.6. The van der Waals surface area contributed by atoms with Gasteiger partial charge in [0.25, 0.3) is 5.91 Å². The topological polar surface area (TPSA) is 60.5 Å². The fourth-order valence-corrected chi connectivity index (χ4v) is 2.86. The molecule has 0 atom stereocenters. The Morgan fingerprint density at radius 3 is 2.77 bits per heavy atom. The normalized spacial score (nSPS) is 10.4. The van der Waals surface area contributed by atoms with Crippen molar-refractivity contribution in [3.63, 3.8) is 0 Å². The molecule has 0 bridgehead atoms. The third-order valence-electron chi connectivity index (χ3n) is 2.96. The Morgan fingerprint density at radius 2 is 2.00 bits per heavy atom. The van der Waals surface area contributed by atoms with Crippen LogP contribution >= 0.6 is 11.3 Å². The number of nitrogens with one attached hydrogen (secondary N) is 1. The molecule has 0 unspecified atom stereocenters. The number of methoxy groups -OCH3 is 1. The Balaban J connectivity index is 1.66. The molecule has 2 aromatic carbocycles. The molecule has 5 nitrogen and oxygen atoms in total. The summed E-state index contributed by atoms with van der Waals surface area (Å²) in [7, 11) is 1.60. The number of nitrogens with zero attached hydrogens (tertiary/aromatic N) is 1. The number of rotatable bonds is 5. The van der Waals surface area contributed by atoms with Gasteiger partial charge in [0.05, 0.1) is 11.8 Å². The zero-order valence-corrected chi connectivity index (χ0v) is 12.7. The Morgan fingerprint density at radius 1 is 1.18 bits per heavy atom. The molecule has 0 spiro atoms. The van der Waals surface area contributed by atoms with Crippen LogP contribution in [0.2, 0.25) is 0 Å². The van der Waals surface area contributed by atoms with E-state index in [2.05, 4.69) is 10.3 Å². The van der Waals surface area contributed by atoms with Gasteiger partial charge >= 0.3 is 0 Å². The Labute approximate surface area is 131 Å². The van der Waals surface area contributed by atoms with E-state index in [1.807, 2.05) is 36.4 Å². The number of amides is 1. The van der Waals surface area contributed by atoms with Crippen molar-refractivity contribution in [3.8, 4) is 11.5 Å². The van der Waals surface area contributed by atoms with E-state index in [0.717, 1.165) is 10.2 Å². The standard InChI is InChI=1S/C16H14N2O3S/c1-20-12-8-5-9-13-15(12)18-16(22-13)17-14(19)10-21-11-6-3-2-4-7-11/h2-9H,10H2,1H3,(H,17,18,19). The van der Waals surface area contributed by atoms with E-state index in [-0.39, 0.29) is 12.5 Å². The summed E-state index contributed by atoms with van der Waals surface area (Å²) in [6.07, 6.45) is 0. The number of thiazole rings is 1. The van der Waals surface area contributed by atoms with Gasteiger partial charge in [-0.1, -0.05) is 35.6 Å². The lowest BCUT2D eigenvalue weighted by Gasteiger charge is -2.05. The maximum atomic E-state index is 11.9. The van der Waals surface area contributed by atoms with Gasteiger partial charge in [0.15, 0.2) is 11.7 Å². The highest BCUT2D eigenvalue weighted by molar-refractivity contribution is 7.22. The van der Waals surface area contributed by atoms with Gasteiger partial charge in [-0.3, -0.25) is 10.1 Å². The molecule has 1 N–H and O–H groups in total. The van der Waals surface area contributed by atoms with E-state index in [9.17, 15) is 4.79 Å². The molecule has 6 heteroatoms. The van der Waals surface area contributed by atoms with E-state index >= 15 is 0 Å². The van der Waals surface area contributed by atoms with Crippen LogP contribution in [-0.4, -0.2) is 24.6 Å².